The van der Waals surface area contributed by atoms with Crippen LogP contribution in [0, 0.1) is 0 Å². The summed E-state index contributed by atoms with van der Waals surface area (Å²) >= 11 is 11.3. The molecule has 5 heteroatoms. The normalized spacial score (nSPS) is 11.0. The van der Waals surface area contributed by atoms with Crippen LogP contribution in [-0.2, 0) is 9.53 Å². The van der Waals surface area contributed by atoms with Crippen molar-refractivity contribution in [3.63, 3.8) is 0 Å². The molecule has 0 aliphatic heterocycles. The number of hydrogen-bond donors (Lipinski definition) is 0. The van der Waals surface area contributed by atoms with Gasteiger partial charge in [-0.05, 0) is 12.8 Å². The lowest BCUT2D eigenvalue weighted by Gasteiger charge is -2.05. The zero-order valence-corrected chi connectivity index (χ0v) is 15.9. The topological polar surface area (TPSA) is 26.3 Å². The van der Waals surface area contributed by atoms with Crippen LogP contribution in [-0.4, -0.2) is 26.6 Å². The van der Waals surface area contributed by atoms with E-state index in [0.29, 0.717) is 22.5 Å². The molecule has 0 aliphatic rings. The van der Waals surface area contributed by atoms with Gasteiger partial charge in [-0.1, -0.05) is 64.3 Å². The van der Waals surface area contributed by atoms with Crippen molar-refractivity contribution in [3.8, 4) is 0 Å². The molecule has 0 spiro atoms. The molecule has 0 aromatic carbocycles. The third kappa shape index (κ3) is 18.2. The second-order valence-electron chi connectivity index (χ2n) is 5.41. The molecule has 0 atom stereocenters. The summed E-state index contributed by atoms with van der Waals surface area (Å²) in [4.78, 5) is 11.5. The predicted molar refractivity (Wildman–Crippen MR) is 93.5 cm³/mol. The molecule has 0 fully saturated rings. The Balaban J connectivity index is 3.16. The second-order valence-corrected chi connectivity index (χ2v) is 8.72. The van der Waals surface area contributed by atoms with E-state index in [1.165, 1.54) is 44.9 Å². The van der Waals surface area contributed by atoms with Crippen LogP contribution in [0.3, 0.4) is 0 Å². The van der Waals surface area contributed by atoms with E-state index in [4.69, 9.17) is 27.9 Å². The SMILES string of the molecule is CCCCCCCCCCCC(=O)OCCC[Si]C(Cl)Cl. The number of esters is 1. The van der Waals surface area contributed by atoms with Gasteiger partial charge >= 0.3 is 5.97 Å². The van der Waals surface area contributed by atoms with Crippen molar-refractivity contribution in [2.45, 2.75) is 88.1 Å². The average molecular weight is 353 g/mol. The fourth-order valence-corrected chi connectivity index (χ4v) is 3.34. The Morgan fingerprint density at radius 3 is 2.10 bits per heavy atom. The molecular weight excluding hydrogens is 323 g/mol. The fraction of sp³-hybridized carbons (Fsp3) is 0.938. The summed E-state index contributed by atoms with van der Waals surface area (Å²) in [5, 5.41) is 0. The maximum absolute atomic E-state index is 11.5. The van der Waals surface area contributed by atoms with Crippen molar-refractivity contribution < 1.29 is 9.53 Å². The number of alkyl halides is 2. The molecule has 0 aromatic heterocycles. The molecule has 2 radical (unpaired) electrons. The van der Waals surface area contributed by atoms with Crippen LogP contribution in [0.5, 0.6) is 0 Å². The molecule has 0 bridgehead atoms. The van der Waals surface area contributed by atoms with Crippen molar-refractivity contribution in [2.75, 3.05) is 6.61 Å². The lowest BCUT2D eigenvalue weighted by Crippen LogP contribution is -2.08. The van der Waals surface area contributed by atoms with Crippen LogP contribution in [0.2, 0.25) is 6.04 Å². The zero-order valence-electron chi connectivity index (χ0n) is 13.3. The van der Waals surface area contributed by atoms with Gasteiger partial charge in [-0.3, -0.25) is 4.79 Å². The average Bonchev–Trinajstić information content (AvgIpc) is 2.45. The van der Waals surface area contributed by atoms with Gasteiger partial charge in [0.2, 0.25) is 0 Å². The summed E-state index contributed by atoms with van der Waals surface area (Å²) in [7, 11) is 0.532. The summed E-state index contributed by atoms with van der Waals surface area (Å²) in [5.74, 6) is -0.0606. The summed E-state index contributed by atoms with van der Waals surface area (Å²) < 4.78 is 4.90. The first kappa shape index (κ1) is 21.3. The number of carbonyl (C=O) groups excluding carboxylic acids is 1. The Morgan fingerprint density at radius 2 is 1.52 bits per heavy atom. The third-order valence-electron chi connectivity index (χ3n) is 3.37. The maximum Gasteiger partial charge on any atom is 0.305 e. The van der Waals surface area contributed by atoms with Crippen LogP contribution in [0.25, 0.3) is 0 Å². The van der Waals surface area contributed by atoms with E-state index in [-0.39, 0.29) is 10.4 Å². The van der Waals surface area contributed by atoms with Gasteiger partial charge in [0.1, 0.15) is 0 Å². The highest BCUT2D eigenvalue weighted by Crippen LogP contribution is 2.11. The molecule has 0 rings (SSSR count). The molecule has 0 saturated carbocycles. The van der Waals surface area contributed by atoms with Crippen molar-refractivity contribution >= 4 is 38.7 Å². The molecule has 0 aromatic rings. The molecule has 0 amide bonds. The molecule has 124 valence electrons. The Morgan fingerprint density at radius 1 is 0.952 bits per heavy atom. The molecule has 0 saturated heterocycles. The lowest BCUT2D eigenvalue weighted by atomic mass is 10.1. The zero-order chi connectivity index (χ0) is 15.8. The van der Waals surface area contributed by atoms with E-state index in [1.54, 1.807) is 0 Å². The van der Waals surface area contributed by atoms with Gasteiger partial charge in [-0.15, -0.1) is 23.2 Å². The van der Waals surface area contributed by atoms with E-state index >= 15 is 0 Å². The maximum atomic E-state index is 11.5. The second kappa shape index (κ2) is 16.6. The Bertz CT molecular complexity index is 238. The quantitative estimate of drug-likeness (QED) is 0.163. The van der Waals surface area contributed by atoms with Gasteiger partial charge in [-0.25, -0.2) is 0 Å². The van der Waals surface area contributed by atoms with Gasteiger partial charge in [0.05, 0.1) is 20.6 Å². The summed E-state index contributed by atoms with van der Waals surface area (Å²) in [6, 6.07) is 0.934. The van der Waals surface area contributed by atoms with E-state index in [0.717, 1.165) is 25.3 Å². The molecule has 0 N–H and O–H groups in total. The highest BCUT2D eigenvalue weighted by Gasteiger charge is 2.04. The van der Waals surface area contributed by atoms with Crippen molar-refractivity contribution in [1.29, 1.82) is 0 Å². The highest BCUT2D eigenvalue weighted by atomic mass is 35.5. The van der Waals surface area contributed by atoms with Crippen LogP contribution in [0.15, 0.2) is 0 Å². The smallest absolute Gasteiger partial charge is 0.305 e. The Hall–Kier alpha value is 0.267. The summed E-state index contributed by atoms with van der Waals surface area (Å²) in [6.07, 6.45) is 12.8. The van der Waals surface area contributed by atoms with Gasteiger partial charge in [-0.2, -0.15) is 0 Å². The molecule has 0 aliphatic carbocycles. The molecule has 2 nitrogen and oxygen atoms in total. The van der Waals surface area contributed by atoms with Crippen LogP contribution < -0.4 is 0 Å². The number of hydrogen-bond acceptors (Lipinski definition) is 2. The van der Waals surface area contributed by atoms with Crippen molar-refractivity contribution in [1.82, 2.24) is 0 Å². The van der Waals surface area contributed by atoms with Gasteiger partial charge in [0, 0.05) is 6.42 Å². The van der Waals surface area contributed by atoms with Crippen LogP contribution in [0.4, 0.5) is 0 Å². The minimum atomic E-state index is -0.275. The van der Waals surface area contributed by atoms with Crippen molar-refractivity contribution in [2.24, 2.45) is 0 Å². The Labute approximate surface area is 143 Å². The Kier molecular flexibility index (Phi) is 16.8. The standard InChI is InChI=1S/C16H30Cl2O2Si/c1-2-3-4-5-6-7-8-9-10-12-15(19)20-13-11-14-21-16(17)18/h16H,2-14H2,1H3. The number of halogens is 2. The van der Waals surface area contributed by atoms with E-state index in [2.05, 4.69) is 6.92 Å². The largest absolute Gasteiger partial charge is 0.466 e. The van der Waals surface area contributed by atoms with Gasteiger partial charge < -0.3 is 4.74 Å². The van der Waals surface area contributed by atoms with Gasteiger partial charge in [0.25, 0.3) is 0 Å². The number of carbonyl (C=O) groups is 1. The number of rotatable bonds is 15. The van der Waals surface area contributed by atoms with Gasteiger partial charge in [0.15, 0.2) is 0 Å². The monoisotopic (exact) mass is 352 g/mol. The van der Waals surface area contributed by atoms with Crippen molar-refractivity contribution in [3.05, 3.63) is 0 Å². The number of ether oxygens (including phenoxy) is 1. The van der Waals surface area contributed by atoms with E-state index in [9.17, 15) is 4.79 Å². The number of unbranched alkanes of at least 4 members (excludes halogenated alkanes) is 8. The minimum absolute atomic E-state index is 0.0606. The lowest BCUT2D eigenvalue weighted by molar-refractivity contribution is -0.143. The summed E-state index contributed by atoms with van der Waals surface area (Å²) in [6.45, 7) is 2.75. The predicted octanol–water partition coefficient (Wildman–Crippen LogP) is 5.72. The fourth-order valence-electron chi connectivity index (χ4n) is 2.12. The first-order valence-electron chi connectivity index (χ1n) is 8.34. The molecule has 21 heavy (non-hydrogen) atoms. The molecular formula is C16H30Cl2O2Si. The summed E-state index contributed by atoms with van der Waals surface area (Å²) in [5.41, 5.74) is 0. The molecule has 0 heterocycles. The first-order chi connectivity index (χ1) is 10.2. The van der Waals surface area contributed by atoms with E-state index in [1.807, 2.05) is 0 Å². The van der Waals surface area contributed by atoms with Crippen LogP contribution >= 0.6 is 23.2 Å². The highest BCUT2D eigenvalue weighted by molar-refractivity contribution is 6.68. The first-order valence-corrected chi connectivity index (χ1v) is 10.5. The molecule has 0 unspecified atom stereocenters. The van der Waals surface area contributed by atoms with Crippen LogP contribution in [0.1, 0.15) is 77.6 Å². The third-order valence-corrected chi connectivity index (χ3v) is 5.24. The minimum Gasteiger partial charge on any atom is -0.466 e. The van der Waals surface area contributed by atoms with E-state index < -0.39 is 0 Å².